The zero-order valence-electron chi connectivity index (χ0n) is 8.30. The average Bonchev–Trinajstić information content (AvgIpc) is 2.25. The summed E-state index contributed by atoms with van der Waals surface area (Å²) in [6, 6.07) is 5.34. The van der Waals surface area contributed by atoms with Crippen molar-refractivity contribution in [3.05, 3.63) is 39.9 Å². The highest BCUT2D eigenvalue weighted by Gasteiger charge is 2.19. The molecular formula is C9H8N2O5. The number of nitrogens with one attached hydrogen (secondary N) is 1. The summed E-state index contributed by atoms with van der Waals surface area (Å²) in [4.78, 5) is 35.9. The molecule has 0 aromatic heterocycles. The fourth-order valence-electron chi connectivity index (χ4n) is 0.998. The fourth-order valence-corrected chi connectivity index (χ4v) is 0.998. The lowest BCUT2D eigenvalue weighted by Crippen LogP contribution is -2.26. The highest BCUT2D eigenvalue weighted by atomic mass is 16.7. The second-order valence-electron chi connectivity index (χ2n) is 2.80. The van der Waals surface area contributed by atoms with Crippen LogP contribution in [0.15, 0.2) is 24.3 Å². The van der Waals surface area contributed by atoms with Gasteiger partial charge in [0.1, 0.15) is 5.56 Å². The average molecular weight is 224 g/mol. The summed E-state index contributed by atoms with van der Waals surface area (Å²) in [6.45, 7) is 1.10. The Labute approximate surface area is 90.1 Å². The minimum atomic E-state index is -0.845. The third-order valence-electron chi connectivity index (χ3n) is 1.63. The molecule has 0 aliphatic heterocycles. The summed E-state index contributed by atoms with van der Waals surface area (Å²) in [5.74, 6) is -1.56. The van der Waals surface area contributed by atoms with Crippen LogP contribution in [0.3, 0.4) is 0 Å². The molecule has 1 aromatic carbocycles. The predicted molar refractivity (Wildman–Crippen MR) is 52.3 cm³/mol. The van der Waals surface area contributed by atoms with E-state index in [1.807, 2.05) is 0 Å². The van der Waals surface area contributed by atoms with Crippen molar-refractivity contribution >= 4 is 17.6 Å². The van der Waals surface area contributed by atoms with Gasteiger partial charge >= 0.3 is 5.97 Å². The summed E-state index contributed by atoms with van der Waals surface area (Å²) < 4.78 is 0. The minimum Gasteiger partial charge on any atom is -0.341 e. The standard InChI is InChI=1S/C9H8N2O5/c1-6(12)16-10-9(13)7-4-2-3-5-8(7)11(14)15/h2-5H,1H3,(H,10,13). The second-order valence-corrected chi connectivity index (χ2v) is 2.80. The van der Waals surface area contributed by atoms with E-state index in [2.05, 4.69) is 4.84 Å². The van der Waals surface area contributed by atoms with Crippen molar-refractivity contribution in [3.63, 3.8) is 0 Å². The Hall–Kier alpha value is -2.44. The van der Waals surface area contributed by atoms with Crippen molar-refractivity contribution in [1.82, 2.24) is 5.48 Å². The fraction of sp³-hybridized carbons (Fsp3) is 0.111. The molecule has 0 saturated carbocycles. The van der Waals surface area contributed by atoms with Crippen LogP contribution < -0.4 is 5.48 Å². The van der Waals surface area contributed by atoms with Crippen molar-refractivity contribution in [2.75, 3.05) is 0 Å². The van der Waals surface area contributed by atoms with Crippen LogP contribution in [0.25, 0.3) is 0 Å². The first-order chi connectivity index (χ1) is 7.52. The third-order valence-corrected chi connectivity index (χ3v) is 1.63. The summed E-state index contributed by atoms with van der Waals surface area (Å²) >= 11 is 0. The van der Waals surface area contributed by atoms with Gasteiger partial charge in [-0.1, -0.05) is 12.1 Å². The van der Waals surface area contributed by atoms with Gasteiger partial charge < -0.3 is 4.84 Å². The smallest absolute Gasteiger partial charge is 0.329 e. The van der Waals surface area contributed by atoms with Gasteiger partial charge in [0.2, 0.25) is 0 Å². The number of carbonyl (C=O) groups is 2. The van der Waals surface area contributed by atoms with Crippen LogP contribution in [-0.2, 0) is 9.63 Å². The number of nitro groups is 1. The summed E-state index contributed by atoms with van der Waals surface area (Å²) in [5.41, 5.74) is 1.27. The largest absolute Gasteiger partial charge is 0.341 e. The molecule has 0 unspecified atom stereocenters. The van der Waals surface area contributed by atoms with E-state index in [0.717, 1.165) is 6.92 Å². The van der Waals surface area contributed by atoms with Crippen molar-refractivity contribution in [3.8, 4) is 0 Å². The maximum atomic E-state index is 11.4. The number of amides is 1. The Balaban J connectivity index is 2.90. The molecule has 0 fully saturated rings. The van der Waals surface area contributed by atoms with E-state index in [1.54, 1.807) is 5.48 Å². The van der Waals surface area contributed by atoms with Crippen molar-refractivity contribution < 1.29 is 19.3 Å². The molecule has 7 nitrogen and oxygen atoms in total. The van der Waals surface area contributed by atoms with E-state index < -0.39 is 16.8 Å². The number of hydroxylamine groups is 1. The predicted octanol–water partition coefficient (Wildman–Crippen LogP) is 0.803. The minimum absolute atomic E-state index is 0.172. The molecule has 1 N–H and O–H groups in total. The number of rotatable bonds is 2. The van der Waals surface area contributed by atoms with Gasteiger partial charge in [0, 0.05) is 13.0 Å². The molecule has 1 aromatic rings. The molecule has 0 bridgehead atoms. The van der Waals surface area contributed by atoms with Gasteiger partial charge in [-0.15, -0.1) is 0 Å². The van der Waals surface area contributed by atoms with Gasteiger partial charge in [-0.3, -0.25) is 19.7 Å². The van der Waals surface area contributed by atoms with Crippen molar-refractivity contribution in [1.29, 1.82) is 0 Å². The first-order valence-corrected chi connectivity index (χ1v) is 4.23. The van der Waals surface area contributed by atoms with Crippen molar-refractivity contribution in [2.45, 2.75) is 6.92 Å². The van der Waals surface area contributed by atoms with Gasteiger partial charge in [-0.2, -0.15) is 5.48 Å². The maximum Gasteiger partial charge on any atom is 0.329 e. The van der Waals surface area contributed by atoms with E-state index in [-0.39, 0.29) is 11.3 Å². The molecule has 7 heteroatoms. The number of carbonyl (C=O) groups excluding carboxylic acids is 2. The van der Waals surface area contributed by atoms with Gasteiger partial charge in [-0.25, -0.2) is 0 Å². The van der Waals surface area contributed by atoms with Gasteiger partial charge in [-0.05, 0) is 6.07 Å². The summed E-state index contributed by atoms with van der Waals surface area (Å²) in [6.07, 6.45) is 0. The van der Waals surface area contributed by atoms with E-state index in [9.17, 15) is 19.7 Å². The Morgan fingerprint density at radius 1 is 1.38 bits per heavy atom. The molecule has 16 heavy (non-hydrogen) atoms. The first kappa shape index (κ1) is 11.6. The van der Waals surface area contributed by atoms with E-state index >= 15 is 0 Å². The van der Waals surface area contributed by atoms with E-state index in [1.165, 1.54) is 24.3 Å². The highest BCUT2D eigenvalue weighted by molar-refractivity contribution is 5.97. The monoisotopic (exact) mass is 224 g/mol. The topological polar surface area (TPSA) is 98.5 Å². The molecule has 0 aliphatic carbocycles. The number of para-hydroxylation sites is 1. The number of nitro benzene ring substituents is 1. The van der Waals surface area contributed by atoms with Gasteiger partial charge in [0.25, 0.3) is 11.6 Å². The Kier molecular flexibility index (Phi) is 3.54. The van der Waals surface area contributed by atoms with Crippen LogP contribution in [0, 0.1) is 10.1 Å². The molecule has 84 valence electrons. The Bertz CT molecular complexity index is 443. The van der Waals surface area contributed by atoms with Crippen LogP contribution in [0.2, 0.25) is 0 Å². The summed E-state index contributed by atoms with van der Waals surface area (Å²) in [7, 11) is 0. The quantitative estimate of drug-likeness (QED) is 0.591. The summed E-state index contributed by atoms with van der Waals surface area (Å²) in [5, 5.41) is 10.6. The van der Waals surface area contributed by atoms with Crippen LogP contribution >= 0.6 is 0 Å². The van der Waals surface area contributed by atoms with Gasteiger partial charge in [0.15, 0.2) is 0 Å². The lowest BCUT2D eigenvalue weighted by Gasteiger charge is -2.03. The molecule has 0 heterocycles. The number of hydrogen-bond acceptors (Lipinski definition) is 5. The first-order valence-electron chi connectivity index (χ1n) is 4.23. The molecule has 1 amide bonds. The Morgan fingerprint density at radius 2 is 2.00 bits per heavy atom. The second kappa shape index (κ2) is 4.87. The van der Waals surface area contributed by atoms with Crippen LogP contribution in [0.5, 0.6) is 0 Å². The number of benzene rings is 1. The van der Waals surface area contributed by atoms with E-state index in [0.29, 0.717) is 0 Å². The lowest BCUT2D eigenvalue weighted by atomic mass is 10.2. The molecular weight excluding hydrogens is 216 g/mol. The molecule has 0 radical (unpaired) electrons. The van der Waals surface area contributed by atoms with Crippen LogP contribution in [0.4, 0.5) is 5.69 Å². The molecule has 0 atom stereocenters. The number of nitrogens with zero attached hydrogens (tertiary/aromatic N) is 1. The number of hydrogen-bond donors (Lipinski definition) is 1. The zero-order chi connectivity index (χ0) is 12.1. The third kappa shape index (κ3) is 2.77. The normalized spacial score (nSPS) is 9.31. The molecule has 0 aliphatic rings. The molecule has 1 rings (SSSR count). The SMILES string of the molecule is CC(=O)ONC(=O)c1ccccc1[N+](=O)[O-]. The Morgan fingerprint density at radius 3 is 2.56 bits per heavy atom. The van der Waals surface area contributed by atoms with Crippen molar-refractivity contribution in [2.24, 2.45) is 0 Å². The zero-order valence-corrected chi connectivity index (χ0v) is 8.30. The van der Waals surface area contributed by atoms with Gasteiger partial charge in [0.05, 0.1) is 4.92 Å². The molecule has 0 saturated heterocycles. The van der Waals surface area contributed by atoms with Crippen LogP contribution in [0.1, 0.15) is 17.3 Å². The lowest BCUT2D eigenvalue weighted by molar-refractivity contribution is -0.385. The van der Waals surface area contributed by atoms with E-state index in [4.69, 9.17) is 0 Å². The van der Waals surface area contributed by atoms with Crippen LogP contribution in [-0.4, -0.2) is 16.8 Å². The highest BCUT2D eigenvalue weighted by Crippen LogP contribution is 2.17. The maximum absolute atomic E-state index is 11.4. The molecule has 0 spiro atoms.